The minimum atomic E-state index is -2.47. The first-order chi connectivity index (χ1) is 18.2. The third-order valence-electron chi connectivity index (χ3n) is 7.78. The molecule has 0 heterocycles. The van der Waals surface area contributed by atoms with Gasteiger partial charge in [0.25, 0.3) is 0 Å². The summed E-state index contributed by atoms with van der Waals surface area (Å²) in [6.07, 6.45) is 26.3. The molecule has 4 nitrogen and oxygen atoms in total. The molecule has 0 aliphatic rings. The SMILES string of the molecule is CCCCCCCCCCCCCCCCCCCC(NCCC[Si](OC)(OC)OC)c1ccccc1. The smallest absolute Gasteiger partial charge is 0.377 e. The molecule has 0 spiro atoms. The lowest BCUT2D eigenvalue weighted by atomic mass is 9.99. The molecule has 0 aliphatic carbocycles. The molecule has 37 heavy (non-hydrogen) atoms. The van der Waals surface area contributed by atoms with Gasteiger partial charge >= 0.3 is 8.80 Å². The van der Waals surface area contributed by atoms with Crippen molar-refractivity contribution in [1.29, 1.82) is 0 Å². The van der Waals surface area contributed by atoms with Crippen LogP contribution >= 0.6 is 0 Å². The molecule has 0 saturated heterocycles. The monoisotopic (exact) mass is 535 g/mol. The van der Waals surface area contributed by atoms with Gasteiger partial charge in [-0.05, 0) is 24.9 Å². The van der Waals surface area contributed by atoms with Crippen LogP contribution < -0.4 is 5.32 Å². The Kier molecular flexibility index (Phi) is 22.6. The Labute approximate surface area is 232 Å². The topological polar surface area (TPSA) is 39.7 Å². The Morgan fingerprint density at radius 1 is 0.595 bits per heavy atom. The second-order valence-corrected chi connectivity index (χ2v) is 13.9. The highest BCUT2D eigenvalue weighted by atomic mass is 28.4. The van der Waals surface area contributed by atoms with Gasteiger partial charge in [0.1, 0.15) is 0 Å². The van der Waals surface area contributed by atoms with E-state index in [0.29, 0.717) is 6.04 Å². The molecule has 1 N–H and O–H groups in total. The average Bonchev–Trinajstić information content (AvgIpc) is 2.94. The largest absolute Gasteiger partial charge is 0.500 e. The van der Waals surface area contributed by atoms with E-state index in [1.165, 1.54) is 121 Å². The van der Waals surface area contributed by atoms with E-state index in [2.05, 4.69) is 42.6 Å². The summed E-state index contributed by atoms with van der Waals surface area (Å²) in [6, 6.07) is 12.2. The maximum absolute atomic E-state index is 5.56. The zero-order valence-electron chi connectivity index (χ0n) is 25.0. The molecule has 0 aromatic heterocycles. The molecule has 0 saturated carbocycles. The van der Waals surface area contributed by atoms with Crippen LogP contribution in [0.4, 0.5) is 0 Å². The summed E-state index contributed by atoms with van der Waals surface area (Å²) in [5, 5.41) is 3.79. The van der Waals surface area contributed by atoms with Crippen LogP contribution in [0.25, 0.3) is 0 Å². The van der Waals surface area contributed by atoms with Gasteiger partial charge in [-0.3, -0.25) is 0 Å². The molecule has 1 aromatic rings. The zero-order chi connectivity index (χ0) is 26.9. The van der Waals surface area contributed by atoms with E-state index < -0.39 is 8.80 Å². The summed E-state index contributed by atoms with van der Waals surface area (Å²) >= 11 is 0. The summed E-state index contributed by atoms with van der Waals surface area (Å²) in [7, 11) is 2.60. The highest BCUT2D eigenvalue weighted by Crippen LogP contribution is 2.22. The van der Waals surface area contributed by atoms with Gasteiger partial charge in [0.05, 0.1) is 0 Å². The first kappa shape index (κ1) is 34.3. The Hall–Kier alpha value is -0.723. The molecule has 1 atom stereocenters. The summed E-state index contributed by atoms with van der Waals surface area (Å²) < 4.78 is 16.7. The Bertz CT molecular complexity index is 589. The van der Waals surface area contributed by atoms with Gasteiger partial charge in [-0.2, -0.15) is 0 Å². The van der Waals surface area contributed by atoms with Crippen molar-refractivity contribution in [3.05, 3.63) is 35.9 Å². The normalized spacial score (nSPS) is 12.8. The van der Waals surface area contributed by atoms with Gasteiger partial charge in [-0.1, -0.05) is 146 Å². The van der Waals surface area contributed by atoms with Gasteiger partial charge in [-0.15, -0.1) is 0 Å². The minimum absolute atomic E-state index is 0.418. The van der Waals surface area contributed by atoms with E-state index in [-0.39, 0.29) is 0 Å². The van der Waals surface area contributed by atoms with E-state index in [4.69, 9.17) is 13.3 Å². The van der Waals surface area contributed by atoms with Crippen molar-refractivity contribution in [2.45, 2.75) is 141 Å². The van der Waals surface area contributed by atoms with Gasteiger partial charge in [0, 0.05) is 33.4 Å². The van der Waals surface area contributed by atoms with E-state index in [9.17, 15) is 0 Å². The predicted octanol–water partition coefficient (Wildman–Crippen LogP) is 9.63. The summed E-state index contributed by atoms with van der Waals surface area (Å²) in [5.41, 5.74) is 1.40. The molecule has 1 rings (SSSR count). The van der Waals surface area contributed by atoms with Crippen molar-refractivity contribution >= 4 is 8.80 Å². The second-order valence-electron chi connectivity index (χ2n) is 10.8. The summed E-state index contributed by atoms with van der Waals surface area (Å²) in [6.45, 7) is 3.24. The standard InChI is InChI=1S/C32H61NO3Si/c1-5-6-7-8-9-10-11-12-13-14-15-16-17-18-19-20-24-28-32(31-26-22-21-23-27-31)33-29-25-30-37(34-2,35-3)36-4/h21-23,26-27,32-33H,5-20,24-25,28-30H2,1-4H3. The second kappa shape index (κ2) is 24.3. The fraction of sp³-hybridized carbons (Fsp3) is 0.812. The number of unbranched alkanes of at least 4 members (excludes halogenated alkanes) is 16. The highest BCUT2D eigenvalue weighted by molar-refractivity contribution is 6.60. The highest BCUT2D eigenvalue weighted by Gasteiger charge is 2.36. The van der Waals surface area contributed by atoms with E-state index in [0.717, 1.165) is 19.0 Å². The van der Waals surface area contributed by atoms with Crippen LogP contribution in [0.3, 0.4) is 0 Å². The van der Waals surface area contributed by atoms with Crippen molar-refractivity contribution in [3.8, 4) is 0 Å². The average molecular weight is 536 g/mol. The van der Waals surface area contributed by atoms with Crippen LogP contribution in [-0.4, -0.2) is 36.7 Å². The molecule has 0 aliphatic heterocycles. The van der Waals surface area contributed by atoms with Crippen LogP contribution in [0.15, 0.2) is 30.3 Å². The lowest BCUT2D eigenvalue weighted by molar-refractivity contribution is 0.123. The van der Waals surface area contributed by atoms with Gasteiger partial charge in [-0.25, -0.2) is 0 Å². The number of hydrogen-bond acceptors (Lipinski definition) is 4. The quantitative estimate of drug-likeness (QED) is 0.0899. The summed E-state index contributed by atoms with van der Waals surface area (Å²) in [4.78, 5) is 0. The molecule has 5 heteroatoms. The third kappa shape index (κ3) is 17.5. The number of hydrogen-bond donors (Lipinski definition) is 1. The zero-order valence-corrected chi connectivity index (χ0v) is 26.0. The maximum Gasteiger partial charge on any atom is 0.500 e. The lowest BCUT2D eigenvalue weighted by Crippen LogP contribution is -2.43. The molecular formula is C32H61NO3Si. The molecular weight excluding hydrogens is 474 g/mol. The summed E-state index contributed by atoms with van der Waals surface area (Å²) in [5.74, 6) is 0. The molecule has 0 bridgehead atoms. The number of rotatable bonds is 27. The number of benzene rings is 1. The van der Waals surface area contributed by atoms with E-state index in [1.54, 1.807) is 21.3 Å². The Morgan fingerprint density at radius 3 is 1.46 bits per heavy atom. The van der Waals surface area contributed by atoms with Crippen molar-refractivity contribution in [1.82, 2.24) is 5.32 Å². The van der Waals surface area contributed by atoms with Crippen molar-refractivity contribution < 1.29 is 13.3 Å². The lowest BCUT2D eigenvalue weighted by Gasteiger charge is -2.25. The van der Waals surface area contributed by atoms with Crippen LogP contribution in [-0.2, 0) is 13.3 Å². The van der Waals surface area contributed by atoms with Gasteiger partial charge in [0.2, 0.25) is 0 Å². The first-order valence-corrected chi connectivity index (χ1v) is 17.6. The first-order valence-electron chi connectivity index (χ1n) is 15.6. The molecule has 1 unspecified atom stereocenters. The number of nitrogens with one attached hydrogen (secondary N) is 1. The maximum atomic E-state index is 5.56. The van der Waals surface area contributed by atoms with Crippen molar-refractivity contribution in [2.75, 3.05) is 27.9 Å². The van der Waals surface area contributed by atoms with Gasteiger partial charge < -0.3 is 18.6 Å². The predicted molar refractivity (Wildman–Crippen MR) is 162 cm³/mol. The Morgan fingerprint density at radius 2 is 1.03 bits per heavy atom. The van der Waals surface area contributed by atoms with Crippen molar-refractivity contribution in [3.63, 3.8) is 0 Å². The molecule has 0 amide bonds. The Balaban J connectivity index is 2.08. The van der Waals surface area contributed by atoms with Crippen LogP contribution in [0.2, 0.25) is 6.04 Å². The van der Waals surface area contributed by atoms with E-state index >= 15 is 0 Å². The molecule has 0 fully saturated rings. The van der Waals surface area contributed by atoms with Crippen molar-refractivity contribution in [2.24, 2.45) is 0 Å². The van der Waals surface area contributed by atoms with Crippen LogP contribution in [0.1, 0.15) is 141 Å². The van der Waals surface area contributed by atoms with Gasteiger partial charge in [0.15, 0.2) is 0 Å². The fourth-order valence-corrected chi connectivity index (χ4v) is 7.00. The molecule has 1 aromatic carbocycles. The fourth-order valence-electron chi connectivity index (χ4n) is 5.28. The van der Waals surface area contributed by atoms with Crippen LogP contribution in [0, 0.1) is 0 Å². The molecule has 216 valence electrons. The minimum Gasteiger partial charge on any atom is -0.377 e. The van der Waals surface area contributed by atoms with E-state index in [1.807, 2.05) is 0 Å². The molecule has 0 radical (unpaired) electrons. The van der Waals surface area contributed by atoms with Crippen LogP contribution in [0.5, 0.6) is 0 Å². The third-order valence-corrected chi connectivity index (χ3v) is 10.6.